The highest BCUT2D eigenvalue weighted by Gasteiger charge is 2.21. The summed E-state index contributed by atoms with van der Waals surface area (Å²) >= 11 is 0. The van der Waals surface area contributed by atoms with Gasteiger partial charge in [-0.15, -0.1) is 0 Å². The van der Waals surface area contributed by atoms with E-state index in [1.165, 1.54) is 36.8 Å². The van der Waals surface area contributed by atoms with Crippen LogP contribution in [0.25, 0.3) is 0 Å². The molecule has 0 amide bonds. The van der Waals surface area contributed by atoms with Crippen LogP contribution >= 0.6 is 0 Å². The highest BCUT2D eigenvalue weighted by molar-refractivity contribution is 5.35. The normalized spacial score (nSPS) is 16.0. The lowest BCUT2D eigenvalue weighted by Gasteiger charge is -2.28. The van der Waals surface area contributed by atoms with Crippen LogP contribution in [-0.2, 0) is 0 Å². The van der Waals surface area contributed by atoms with Gasteiger partial charge in [0, 0.05) is 19.1 Å². The largest absolute Gasteiger partial charge is 0.492 e. The fourth-order valence-corrected chi connectivity index (χ4v) is 3.01. The molecule has 0 heterocycles. The van der Waals surface area contributed by atoms with Crippen molar-refractivity contribution in [3.63, 3.8) is 0 Å². The first-order valence-electron chi connectivity index (χ1n) is 7.75. The molecule has 1 aliphatic carbocycles. The Bertz CT molecular complexity index is 413. The van der Waals surface area contributed by atoms with Crippen molar-refractivity contribution >= 4 is 0 Å². The third kappa shape index (κ3) is 4.22. The van der Waals surface area contributed by atoms with Crippen LogP contribution < -0.4 is 4.74 Å². The maximum atomic E-state index is 9.21. The molecule has 0 bridgehead atoms. The number of aliphatic hydroxyl groups excluding tert-OH is 1. The number of ether oxygens (including phenoxy) is 1. The van der Waals surface area contributed by atoms with E-state index in [-0.39, 0.29) is 6.61 Å². The first-order valence-corrected chi connectivity index (χ1v) is 7.75. The van der Waals surface area contributed by atoms with Crippen LogP contribution in [0.4, 0.5) is 0 Å². The molecular formula is C17H27NO2. The quantitative estimate of drug-likeness (QED) is 0.832. The van der Waals surface area contributed by atoms with Crippen molar-refractivity contribution in [3.8, 4) is 5.75 Å². The first-order chi connectivity index (χ1) is 9.70. The average molecular weight is 277 g/mol. The molecule has 1 aromatic rings. The van der Waals surface area contributed by atoms with Crippen LogP contribution in [-0.4, -0.2) is 42.4 Å². The molecule has 0 radical (unpaired) electrons. The Morgan fingerprint density at radius 3 is 2.65 bits per heavy atom. The van der Waals surface area contributed by atoms with E-state index < -0.39 is 0 Å². The minimum absolute atomic E-state index is 0.236. The fraction of sp³-hybridized carbons (Fsp3) is 0.647. The molecular weight excluding hydrogens is 250 g/mol. The summed E-state index contributed by atoms with van der Waals surface area (Å²) in [6.45, 7) is 6.76. The van der Waals surface area contributed by atoms with Gasteiger partial charge in [0.05, 0.1) is 6.61 Å². The summed E-state index contributed by atoms with van der Waals surface area (Å²) < 4.78 is 5.93. The van der Waals surface area contributed by atoms with Crippen LogP contribution in [0.2, 0.25) is 0 Å². The van der Waals surface area contributed by atoms with Crippen molar-refractivity contribution in [2.45, 2.75) is 45.6 Å². The Morgan fingerprint density at radius 1 is 1.20 bits per heavy atom. The minimum atomic E-state index is 0.236. The highest BCUT2D eigenvalue weighted by atomic mass is 16.5. The first kappa shape index (κ1) is 15.3. The van der Waals surface area contributed by atoms with Gasteiger partial charge in [-0.05, 0) is 43.9 Å². The smallest absolute Gasteiger partial charge is 0.122 e. The molecule has 2 rings (SSSR count). The summed E-state index contributed by atoms with van der Waals surface area (Å²) in [5.41, 5.74) is 2.42. The number of aliphatic hydroxyl groups is 1. The molecule has 0 unspecified atom stereocenters. The minimum Gasteiger partial charge on any atom is -0.492 e. The molecule has 3 nitrogen and oxygen atoms in total. The molecule has 3 heteroatoms. The van der Waals surface area contributed by atoms with E-state index in [4.69, 9.17) is 4.74 Å². The lowest BCUT2D eigenvalue weighted by molar-refractivity contribution is 0.129. The average Bonchev–Trinajstić information content (AvgIpc) is 2.95. The van der Waals surface area contributed by atoms with Gasteiger partial charge in [0.25, 0.3) is 0 Å². The SMILES string of the molecule is Cc1ccc(C)c(OCCN(CCO)C2CCCC2)c1. The molecule has 1 fully saturated rings. The van der Waals surface area contributed by atoms with Gasteiger partial charge >= 0.3 is 0 Å². The van der Waals surface area contributed by atoms with Gasteiger partial charge in [0.1, 0.15) is 12.4 Å². The predicted octanol–water partition coefficient (Wildman–Crippen LogP) is 2.92. The van der Waals surface area contributed by atoms with Crippen LogP contribution in [0, 0.1) is 13.8 Å². The number of hydrogen-bond donors (Lipinski definition) is 1. The molecule has 0 spiro atoms. The summed E-state index contributed by atoms with van der Waals surface area (Å²) in [6, 6.07) is 6.96. The van der Waals surface area contributed by atoms with E-state index in [1.807, 2.05) is 0 Å². The molecule has 1 aromatic carbocycles. The maximum Gasteiger partial charge on any atom is 0.122 e. The summed E-state index contributed by atoms with van der Waals surface area (Å²) in [5.74, 6) is 0.986. The van der Waals surface area contributed by atoms with Crippen molar-refractivity contribution in [3.05, 3.63) is 29.3 Å². The van der Waals surface area contributed by atoms with Crippen molar-refractivity contribution in [1.82, 2.24) is 4.90 Å². The van der Waals surface area contributed by atoms with Gasteiger partial charge in [-0.1, -0.05) is 25.0 Å². The zero-order valence-corrected chi connectivity index (χ0v) is 12.8. The molecule has 1 saturated carbocycles. The van der Waals surface area contributed by atoms with Gasteiger partial charge in [0.2, 0.25) is 0 Å². The van der Waals surface area contributed by atoms with Crippen molar-refractivity contribution in [1.29, 1.82) is 0 Å². The molecule has 112 valence electrons. The van der Waals surface area contributed by atoms with Gasteiger partial charge < -0.3 is 9.84 Å². The van der Waals surface area contributed by atoms with E-state index in [0.717, 1.165) is 18.8 Å². The van der Waals surface area contributed by atoms with E-state index in [1.54, 1.807) is 0 Å². The summed E-state index contributed by atoms with van der Waals surface area (Å²) in [4.78, 5) is 2.39. The maximum absolute atomic E-state index is 9.21. The molecule has 0 aliphatic heterocycles. The van der Waals surface area contributed by atoms with E-state index in [9.17, 15) is 5.11 Å². The van der Waals surface area contributed by atoms with E-state index in [0.29, 0.717) is 12.6 Å². The third-order valence-corrected chi connectivity index (χ3v) is 4.21. The van der Waals surface area contributed by atoms with E-state index in [2.05, 4.69) is 36.9 Å². The van der Waals surface area contributed by atoms with Gasteiger partial charge in [-0.3, -0.25) is 4.90 Å². The van der Waals surface area contributed by atoms with Gasteiger partial charge in [0.15, 0.2) is 0 Å². The summed E-state index contributed by atoms with van der Waals surface area (Å²) in [7, 11) is 0. The van der Waals surface area contributed by atoms with E-state index >= 15 is 0 Å². The zero-order chi connectivity index (χ0) is 14.4. The Labute approximate surface area is 122 Å². The van der Waals surface area contributed by atoms with Gasteiger partial charge in [-0.25, -0.2) is 0 Å². The topological polar surface area (TPSA) is 32.7 Å². The monoisotopic (exact) mass is 277 g/mol. The summed E-state index contributed by atoms with van der Waals surface area (Å²) in [5, 5.41) is 9.21. The standard InChI is InChI=1S/C17H27NO2/c1-14-7-8-15(2)17(13-14)20-12-10-18(9-11-19)16-5-3-4-6-16/h7-8,13,16,19H,3-6,9-12H2,1-2H3. The second-order valence-electron chi connectivity index (χ2n) is 5.82. The number of benzene rings is 1. The molecule has 0 atom stereocenters. The lowest BCUT2D eigenvalue weighted by Crippen LogP contribution is -2.38. The number of nitrogens with zero attached hydrogens (tertiary/aromatic N) is 1. The van der Waals surface area contributed by atoms with Crippen molar-refractivity contribution < 1.29 is 9.84 Å². The molecule has 20 heavy (non-hydrogen) atoms. The Morgan fingerprint density at radius 2 is 1.95 bits per heavy atom. The van der Waals surface area contributed by atoms with Crippen LogP contribution in [0.1, 0.15) is 36.8 Å². The third-order valence-electron chi connectivity index (χ3n) is 4.21. The van der Waals surface area contributed by atoms with Crippen molar-refractivity contribution in [2.24, 2.45) is 0 Å². The zero-order valence-electron chi connectivity index (χ0n) is 12.8. The lowest BCUT2D eigenvalue weighted by atomic mass is 10.1. The Kier molecular flexibility index (Phi) is 5.86. The molecule has 0 aromatic heterocycles. The van der Waals surface area contributed by atoms with Crippen LogP contribution in [0.15, 0.2) is 18.2 Å². The Balaban J connectivity index is 1.84. The number of hydrogen-bond acceptors (Lipinski definition) is 3. The number of rotatable bonds is 7. The summed E-state index contributed by atoms with van der Waals surface area (Å²) in [6.07, 6.45) is 5.18. The fourth-order valence-electron chi connectivity index (χ4n) is 3.01. The molecule has 1 N–H and O–H groups in total. The molecule has 1 aliphatic rings. The molecule has 0 saturated heterocycles. The van der Waals surface area contributed by atoms with Crippen LogP contribution in [0.5, 0.6) is 5.75 Å². The second kappa shape index (κ2) is 7.65. The number of aryl methyl sites for hydroxylation is 2. The van der Waals surface area contributed by atoms with Crippen LogP contribution in [0.3, 0.4) is 0 Å². The predicted molar refractivity (Wildman–Crippen MR) is 82.3 cm³/mol. The van der Waals surface area contributed by atoms with Gasteiger partial charge in [-0.2, -0.15) is 0 Å². The highest BCUT2D eigenvalue weighted by Crippen LogP contribution is 2.23. The second-order valence-corrected chi connectivity index (χ2v) is 5.82. The van der Waals surface area contributed by atoms with Crippen molar-refractivity contribution in [2.75, 3.05) is 26.3 Å². The Hall–Kier alpha value is -1.06.